The number of rotatable bonds is 5. The normalized spacial score (nSPS) is 18.8. The Bertz CT molecular complexity index is 489. The van der Waals surface area contributed by atoms with Gasteiger partial charge in [0.2, 0.25) is 0 Å². The van der Waals surface area contributed by atoms with E-state index in [9.17, 15) is 9.59 Å². The monoisotopic (exact) mass is 281 g/mol. The lowest BCUT2D eigenvalue weighted by Gasteiger charge is -2.08. The van der Waals surface area contributed by atoms with Gasteiger partial charge in [-0.05, 0) is 29.5 Å². The van der Waals surface area contributed by atoms with Crippen LogP contribution < -0.4 is 5.32 Å². The lowest BCUT2D eigenvalue weighted by molar-refractivity contribution is -0.131. The number of ether oxygens (including phenoxy) is 1. The molecule has 5 nitrogen and oxygen atoms in total. The highest BCUT2D eigenvalue weighted by Crippen LogP contribution is 2.19. The van der Waals surface area contributed by atoms with Crippen molar-refractivity contribution in [2.24, 2.45) is 5.92 Å². The van der Waals surface area contributed by atoms with E-state index in [2.05, 4.69) is 5.32 Å². The van der Waals surface area contributed by atoms with E-state index in [1.54, 1.807) is 11.4 Å². The first-order valence-corrected chi connectivity index (χ1v) is 6.89. The highest BCUT2D eigenvalue weighted by atomic mass is 32.1. The number of hydrogen-bond acceptors (Lipinski definition) is 4. The number of carbonyl (C=O) groups excluding carboxylic acids is 1. The summed E-state index contributed by atoms with van der Waals surface area (Å²) in [5.74, 6) is -0.811. The second-order valence-corrected chi connectivity index (χ2v) is 5.23. The van der Waals surface area contributed by atoms with Crippen LogP contribution in [0.1, 0.15) is 21.7 Å². The number of carboxylic acid groups (broad SMARTS) is 1. The van der Waals surface area contributed by atoms with Gasteiger partial charge in [-0.25, -0.2) is 4.79 Å². The SMILES string of the molecule is O=C(O)C=Cc1ccsc1C(=O)NCC1CCOC1. The zero-order valence-electron chi connectivity index (χ0n) is 10.3. The van der Waals surface area contributed by atoms with E-state index in [0.29, 0.717) is 29.5 Å². The molecular weight excluding hydrogens is 266 g/mol. The van der Waals surface area contributed by atoms with Crippen LogP contribution in [0.3, 0.4) is 0 Å². The molecule has 0 bridgehead atoms. The molecule has 1 unspecified atom stereocenters. The third kappa shape index (κ3) is 3.90. The summed E-state index contributed by atoms with van der Waals surface area (Å²) >= 11 is 1.30. The van der Waals surface area contributed by atoms with E-state index < -0.39 is 5.97 Å². The van der Waals surface area contributed by atoms with Gasteiger partial charge in [0.15, 0.2) is 0 Å². The number of aliphatic carboxylic acids is 1. The Hall–Kier alpha value is -1.66. The third-order valence-electron chi connectivity index (χ3n) is 2.88. The molecule has 0 radical (unpaired) electrons. The molecule has 102 valence electrons. The second kappa shape index (κ2) is 6.49. The van der Waals surface area contributed by atoms with Gasteiger partial charge in [0.05, 0.1) is 11.5 Å². The van der Waals surface area contributed by atoms with Gasteiger partial charge >= 0.3 is 5.97 Å². The molecule has 1 aliphatic rings. The van der Waals surface area contributed by atoms with Crippen LogP contribution in [0.2, 0.25) is 0 Å². The first kappa shape index (κ1) is 13.8. The van der Waals surface area contributed by atoms with Crippen LogP contribution in [-0.2, 0) is 9.53 Å². The molecule has 1 aliphatic heterocycles. The van der Waals surface area contributed by atoms with Crippen LogP contribution in [-0.4, -0.2) is 36.7 Å². The predicted molar refractivity (Wildman–Crippen MR) is 72.2 cm³/mol. The molecular formula is C13H15NO4S. The fourth-order valence-electron chi connectivity index (χ4n) is 1.86. The highest BCUT2D eigenvalue weighted by Gasteiger charge is 2.18. The maximum atomic E-state index is 12.0. The lowest BCUT2D eigenvalue weighted by atomic mass is 10.1. The van der Waals surface area contributed by atoms with Crippen molar-refractivity contribution in [1.29, 1.82) is 0 Å². The summed E-state index contributed by atoms with van der Waals surface area (Å²) in [6, 6.07) is 1.73. The number of amides is 1. The van der Waals surface area contributed by atoms with Gasteiger partial charge in [-0.3, -0.25) is 4.79 Å². The summed E-state index contributed by atoms with van der Waals surface area (Å²) in [5.41, 5.74) is 0.632. The third-order valence-corrected chi connectivity index (χ3v) is 3.81. The van der Waals surface area contributed by atoms with Crippen molar-refractivity contribution in [1.82, 2.24) is 5.32 Å². The molecule has 0 aliphatic carbocycles. The molecule has 6 heteroatoms. The number of hydrogen-bond donors (Lipinski definition) is 2. The van der Waals surface area contributed by atoms with Gasteiger partial charge in [-0.15, -0.1) is 11.3 Å². The molecule has 1 amide bonds. The Morgan fingerprint density at radius 2 is 2.42 bits per heavy atom. The molecule has 2 heterocycles. The van der Waals surface area contributed by atoms with E-state index in [1.807, 2.05) is 0 Å². The Kier molecular flexibility index (Phi) is 4.70. The Morgan fingerprint density at radius 1 is 1.58 bits per heavy atom. The van der Waals surface area contributed by atoms with Gasteiger partial charge < -0.3 is 15.2 Å². The number of thiophene rings is 1. The molecule has 1 aromatic heterocycles. The summed E-state index contributed by atoms with van der Waals surface area (Å²) in [6.45, 7) is 2.04. The van der Waals surface area contributed by atoms with E-state index in [4.69, 9.17) is 9.84 Å². The van der Waals surface area contributed by atoms with Crippen LogP contribution in [0.15, 0.2) is 17.5 Å². The van der Waals surface area contributed by atoms with Crippen molar-refractivity contribution in [3.63, 3.8) is 0 Å². The number of carboxylic acids is 1. The summed E-state index contributed by atoms with van der Waals surface area (Å²) in [5, 5.41) is 13.2. The maximum absolute atomic E-state index is 12.0. The van der Waals surface area contributed by atoms with E-state index in [0.717, 1.165) is 19.1 Å². The number of carbonyl (C=O) groups is 2. The van der Waals surface area contributed by atoms with E-state index >= 15 is 0 Å². The largest absolute Gasteiger partial charge is 0.478 e. The lowest BCUT2D eigenvalue weighted by Crippen LogP contribution is -2.29. The van der Waals surface area contributed by atoms with Crippen molar-refractivity contribution in [3.05, 3.63) is 28.0 Å². The highest BCUT2D eigenvalue weighted by molar-refractivity contribution is 7.12. The maximum Gasteiger partial charge on any atom is 0.328 e. The average molecular weight is 281 g/mol. The summed E-state index contributed by atoms with van der Waals surface area (Å²) in [7, 11) is 0. The van der Waals surface area contributed by atoms with Crippen LogP contribution >= 0.6 is 11.3 Å². The average Bonchev–Trinajstić information content (AvgIpc) is 3.04. The molecule has 19 heavy (non-hydrogen) atoms. The molecule has 0 spiro atoms. The fourth-order valence-corrected chi connectivity index (χ4v) is 2.66. The van der Waals surface area contributed by atoms with Crippen molar-refractivity contribution in [3.8, 4) is 0 Å². The van der Waals surface area contributed by atoms with E-state index in [-0.39, 0.29) is 5.91 Å². The van der Waals surface area contributed by atoms with Gasteiger partial charge in [-0.1, -0.05) is 0 Å². The van der Waals surface area contributed by atoms with Crippen LogP contribution in [0.4, 0.5) is 0 Å². The van der Waals surface area contributed by atoms with Crippen LogP contribution in [0.5, 0.6) is 0 Å². The zero-order chi connectivity index (χ0) is 13.7. The number of nitrogens with one attached hydrogen (secondary N) is 1. The molecule has 1 fully saturated rings. The van der Waals surface area contributed by atoms with Crippen molar-refractivity contribution in [2.75, 3.05) is 19.8 Å². The quantitative estimate of drug-likeness (QED) is 0.804. The second-order valence-electron chi connectivity index (χ2n) is 4.32. The van der Waals surface area contributed by atoms with Gasteiger partial charge in [0.1, 0.15) is 0 Å². The smallest absolute Gasteiger partial charge is 0.328 e. The van der Waals surface area contributed by atoms with Crippen molar-refractivity contribution in [2.45, 2.75) is 6.42 Å². The molecule has 1 atom stereocenters. The Morgan fingerprint density at radius 3 is 3.11 bits per heavy atom. The molecule has 0 saturated carbocycles. The first-order chi connectivity index (χ1) is 9.16. The standard InChI is InChI=1S/C13H15NO4S/c15-11(16)2-1-10-4-6-19-12(10)13(17)14-7-9-3-5-18-8-9/h1-2,4,6,9H,3,5,7-8H2,(H,14,17)(H,15,16). The minimum Gasteiger partial charge on any atom is -0.478 e. The first-order valence-electron chi connectivity index (χ1n) is 6.01. The molecule has 0 aromatic carbocycles. The zero-order valence-corrected chi connectivity index (χ0v) is 11.1. The molecule has 1 saturated heterocycles. The van der Waals surface area contributed by atoms with Crippen molar-refractivity contribution < 1.29 is 19.4 Å². The summed E-state index contributed by atoms with van der Waals surface area (Å²) in [4.78, 5) is 23.0. The molecule has 1 aromatic rings. The topological polar surface area (TPSA) is 75.6 Å². The van der Waals surface area contributed by atoms with Crippen molar-refractivity contribution >= 4 is 29.3 Å². The van der Waals surface area contributed by atoms with E-state index in [1.165, 1.54) is 17.4 Å². The minimum absolute atomic E-state index is 0.160. The summed E-state index contributed by atoms with van der Waals surface area (Å²) in [6.07, 6.45) is 3.44. The van der Waals surface area contributed by atoms with Gasteiger partial charge in [-0.2, -0.15) is 0 Å². The van der Waals surface area contributed by atoms with Gasteiger partial charge in [0, 0.05) is 25.1 Å². The fraction of sp³-hybridized carbons (Fsp3) is 0.385. The van der Waals surface area contributed by atoms with Crippen LogP contribution in [0.25, 0.3) is 6.08 Å². The minimum atomic E-state index is -1.03. The Labute approximate surface area is 114 Å². The predicted octanol–water partition coefficient (Wildman–Crippen LogP) is 1.61. The van der Waals surface area contributed by atoms with Gasteiger partial charge in [0.25, 0.3) is 5.91 Å². The Balaban J connectivity index is 1.94. The summed E-state index contributed by atoms with van der Waals surface area (Å²) < 4.78 is 5.24. The molecule has 2 rings (SSSR count). The molecule has 2 N–H and O–H groups in total. The van der Waals surface area contributed by atoms with Crippen LogP contribution in [0, 0.1) is 5.92 Å².